The lowest BCUT2D eigenvalue weighted by Gasteiger charge is -2.25. The van der Waals surface area contributed by atoms with Crippen molar-refractivity contribution in [3.05, 3.63) is 52.6 Å². The van der Waals surface area contributed by atoms with Gasteiger partial charge in [-0.2, -0.15) is 4.98 Å². The summed E-state index contributed by atoms with van der Waals surface area (Å²) in [5, 5.41) is 11.4. The number of rotatable bonds is 12. The highest BCUT2D eigenvalue weighted by atomic mass is 16.6. The molecule has 2 aromatic rings. The number of amides is 1. The van der Waals surface area contributed by atoms with Gasteiger partial charge in [-0.1, -0.05) is 18.2 Å². The highest BCUT2D eigenvalue weighted by Gasteiger charge is 2.31. The molecule has 11 heteroatoms. The largest absolute Gasteiger partial charge is 0.466 e. The SMILES string of the molecule is CCOC(=O)CC[C@@H](C(=O)OCC)N(C=O)c1ccc([N+](=O)[O-])c(Oc2ccccc2)n1. The summed E-state index contributed by atoms with van der Waals surface area (Å²) >= 11 is 0. The number of aromatic nitrogens is 1. The van der Waals surface area contributed by atoms with Gasteiger partial charge in [-0.05, 0) is 38.5 Å². The number of pyridine rings is 1. The summed E-state index contributed by atoms with van der Waals surface area (Å²) in [4.78, 5) is 51.9. The van der Waals surface area contributed by atoms with Gasteiger partial charge in [0.05, 0.1) is 18.1 Å². The third kappa shape index (κ3) is 6.49. The molecule has 0 N–H and O–H groups in total. The van der Waals surface area contributed by atoms with E-state index in [4.69, 9.17) is 14.2 Å². The molecule has 2 rings (SSSR count). The van der Waals surface area contributed by atoms with Crippen LogP contribution in [0.3, 0.4) is 0 Å². The first-order chi connectivity index (χ1) is 15.4. The van der Waals surface area contributed by atoms with E-state index >= 15 is 0 Å². The second kappa shape index (κ2) is 12.0. The lowest BCUT2D eigenvalue weighted by molar-refractivity contribution is -0.386. The summed E-state index contributed by atoms with van der Waals surface area (Å²) in [6.45, 7) is 3.47. The molecule has 0 spiro atoms. The van der Waals surface area contributed by atoms with Crippen LogP contribution in [0, 0.1) is 10.1 Å². The van der Waals surface area contributed by atoms with Gasteiger partial charge in [-0.3, -0.25) is 24.6 Å². The lowest BCUT2D eigenvalue weighted by atomic mass is 10.1. The van der Waals surface area contributed by atoms with Crippen LogP contribution in [0.1, 0.15) is 26.7 Å². The fourth-order valence-corrected chi connectivity index (χ4v) is 2.77. The normalized spacial score (nSPS) is 11.2. The van der Waals surface area contributed by atoms with Crippen molar-refractivity contribution in [1.29, 1.82) is 0 Å². The summed E-state index contributed by atoms with van der Waals surface area (Å²) in [5.41, 5.74) is -0.428. The summed E-state index contributed by atoms with van der Waals surface area (Å²) < 4.78 is 15.4. The number of nitrogens with zero attached hydrogens (tertiary/aromatic N) is 3. The van der Waals surface area contributed by atoms with E-state index < -0.39 is 28.6 Å². The molecule has 1 atom stereocenters. The van der Waals surface area contributed by atoms with Crippen molar-refractivity contribution in [2.24, 2.45) is 0 Å². The predicted octanol–water partition coefficient (Wildman–Crippen LogP) is 3.02. The van der Waals surface area contributed by atoms with Gasteiger partial charge < -0.3 is 14.2 Å². The van der Waals surface area contributed by atoms with Gasteiger partial charge in [0.2, 0.25) is 6.41 Å². The van der Waals surface area contributed by atoms with Crippen LogP contribution >= 0.6 is 0 Å². The Bertz CT molecular complexity index is 951. The predicted molar refractivity (Wildman–Crippen MR) is 112 cm³/mol. The third-order valence-corrected chi connectivity index (χ3v) is 4.18. The van der Waals surface area contributed by atoms with Crippen molar-refractivity contribution < 1.29 is 33.5 Å². The molecule has 1 heterocycles. The van der Waals surface area contributed by atoms with Crippen LogP contribution < -0.4 is 9.64 Å². The van der Waals surface area contributed by atoms with Crippen molar-refractivity contribution >= 4 is 29.9 Å². The Labute approximate surface area is 184 Å². The maximum absolute atomic E-state index is 12.5. The molecule has 1 aromatic carbocycles. The molecule has 1 aromatic heterocycles. The zero-order chi connectivity index (χ0) is 23.5. The van der Waals surface area contributed by atoms with Gasteiger partial charge in [0, 0.05) is 12.5 Å². The first kappa shape index (κ1) is 24.3. The zero-order valence-electron chi connectivity index (χ0n) is 17.6. The van der Waals surface area contributed by atoms with Crippen LogP contribution in [-0.2, 0) is 23.9 Å². The molecule has 32 heavy (non-hydrogen) atoms. The molecule has 0 aliphatic carbocycles. The number of benzene rings is 1. The summed E-state index contributed by atoms with van der Waals surface area (Å²) in [6.07, 6.45) is 0.0964. The lowest BCUT2D eigenvalue weighted by Crippen LogP contribution is -2.42. The quantitative estimate of drug-likeness (QED) is 0.209. The van der Waals surface area contributed by atoms with Crippen LogP contribution in [0.15, 0.2) is 42.5 Å². The third-order valence-electron chi connectivity index (χ3n) is 4.18. The van der Waals surface area contributed by atoms with E-state index in [1.165, 1.54) is 6.07 Å². The second-order valence-corrected chi connectivity index (χ2v) is 6.29. The first-order valence-electron chi connectivity index (χ1n) is 9.85. The van der Waals surface area contributed by atoms with E-state index in [2.05, 4.69) is 4.98 Å². The Morgan fingerprint density at radius 1 is 1.12 bits per heavy atom. The van der Waals surface area contributed by atoms with Crippen LogP contribution in [-0.4, -0.2) is 47.5 Å². The number of para-hydroxylation sites is 1. The molecule has 170 valence electrons. The number of carbonyl (C=O) groups is 3. The molecule has 0 aliphatic rings. The summed E-state index contributed by atoms with van der Waals surface area (Å²) in [7, 11) is 0. The van der Waals surface area contributed by atoms with Crippen LogP contribution in [0.5, 0.6) is 11.6 Å². The highest BCUT2D eigenvalue weighted by Crippen LogP contribution is 2.32. The van der Waals surface area contributed by atoms with Crippen molar-refractivity contribution in [3.8, 4) is 11.6 Å². The maximum Gasteiger partial charge on any atom is 0.331 e. The number of anilines is 1. The van der Waals surface area contributed by atoms with E-state index in [0.717, 1.165) is 11.0 Å². The van der Waals surface area contributed by atoms with Crippen molar-refractivity contribution in [2.45, 2.75) is 32.7 Å². The first-order valence-corrected chi connectivity index (χ1v) is 9.85. The minimum Gasteiger partial charge on any atom is -0.466 e. The van der Waals surface area contributed by atoms with E-state index in [-0.39, 0.29) is 37.8 Å². The Morgan fingerprint density at radius 3 is 2.41 bits per heavy atom. The maximum atomic E-state index is 12.5. The standard InChI is InChI=1S/C21H23N3O8/c1-3-30-19(26)13-11-17(21(27)31-4-2)23(14-25)18-12-10-16(24(28)29)20(22-18)32-15-8-6-5-7-9-15/h5-10,12,14,17H,3-4,11,13H2,1-2H3/t17-/m0/s1. The zero-order valence-corrected chi connectivity index (χ0v) is 17.6. The van der Waals surface area contributed by atoms with Crippen LogP contribution in [0.25, 0.3) is 0 Å². The number of esters is 2. The Morgan fingerprint density at radius 2 is 1.81 bits per heavy atom. The summed E-state index contributed by atoms with van der Waals surface area (Å²) in [6, 6.07) is 9.38. The molecular formula is C21H23N3O8. The average molecular weight is 445 g/mol. The topological polar surface area (TPSA) is 138 Å². The fourth-order valence-electron chi connectivity index (χ4n) is 2.77. The average Bonchev–Trinajstić information content (AvgIpc) is 2.77. The molecule has 11 nitrogen and oxygen atoms in total. The second-order valence-electron chi connectivity index (χ2n) is 6.29. The number of nitro groups is 1. The van der Waals surface area contributed by atoms with Crippen LogP contribution in [0.2, 0.25) is 0 Å². The molecule has 0 unspecified atom stereocenters. The van der Waals surface area contributed by atoms with Gasteiger partial charge in [-0.15, -0.1) is 0 Å². The van der Waals surface area contributed by atoms with E-state index in [0.29, 0.717) is 12.2 Å². The van der Waals surface area contributed by atoms with Gasteiger partial charge in [0.25, 0.3) is 0 Å². The minimum atomic E-state index is -1.20. The molecule has 0 radical (unpaired) electrons. The summed E-state index contributed by atoms with van der Waals surface area (Å²) in [5.74, 6) is -1.45. The van der Waals surface area contributed by atoms with E-state index in [9.17, 15) is 24.5 Å². The Balaban J connectivity index is 2.40. The molecule has 0 saturated heterocycles. The monoisotopic (exact) mass is 445 g/mol. The number of hydrogen-bond donors (Lipinski definition) is 0. The Kier molecular flexibility index (Phi) is 9.08. The highest BCUT2D eigenvalue weighted by molar-refractivity contribution is 5.89. The van der Waals surface area contributed by atoms with Gasteiger partial charge in [-0.25, -0.2) is 4.79 Å². The van der Waals surface area contributed by atoms with E-state index in [1.54, 1.807) is 44.2 Å². The molecule has 1 amide bonds. The van der Waals surface area contributed by atoms with Crippen molar-refractivity contribution in [2.75, 3.05) is 18.1 Å². The fraction of sp³-hybridized carbons (Fsp3) is 0.333. The molecule has 0 bridgehead atoms. The van der Waals surface area contributed by atoms with Gasteiger partial charge in [0.15, 0.2) is 0 Å². The van der Waals surface area contributed by atoms with Crippen molar-refractivity contribution in [3.63, 3.8) is 0 Å². The van der Waals surface area contributed by atoms with E-state index in [1.807, 2.05) is 0 Å². The number of hydrogen-bond acceptors (Lipinski definition) is 9. The number of ether oxygens (including phenoxy) is 3. The molecule has 0 saturated carbocycles. The smallest absolute Gasteiger partial charge is 0.331 e. The molecule has 0 aliphatic heterocycles. The van der Waals surface area contributed by atoms with Gasteiger partial charge >= 0.3 is 23.5 Å². The van der Waals surface area contributed by atoms with Crippen LogP contribution in [0.4, 0.5) is 11.5 Å². The van der Waals surface area contributed by atoms with Gasteiger partial charge in [0.1, 0.15) is 17.6 Å². The minimum absolute atomic E-state index is 0.0531. The Hall–Kier alpha value is -4.02. The molecular weight excluding hydrogens is 422 g/mol. The number of carbonyl (C=O) groups excluding carboxylic acids is 3. The molecule has 0 fully saturated rings. The van der Waals surface area contributed by atoms with Crippen molar-refractivity contribution in [1.82, 2.24) is 4.98 Å².